The fourth-order valence-corrected chi connectivity index (χ4v) is 1.69. The van der Waals surface area contributed by atoms with Crippen LogP contribution in [0.5, 0.6) is 0 Å². The first-order valence-corrected chi connectivity index (χ1v) is 7.47. The summed E-state index contributed by atoms with van der Waals surface area (Å²) in [7, 11) is 0. The van der Waals surface area contributed by atoms with Gasteiger partial charge in [-0.05, 0) is 27.7 Å². The largest absolute Gasteiger partial charge is 0.461 e. The van der Waals surface area contributed by atoms with Crippen LogP contribution in [0.15, 0.2) is 29.4 Å². The van der Waals surface area contributed by atoms with Gasteiger partial charge in [0.1, 0.15) is 5.60 Å². The van der Waals surface area contributed by atoms with Crippen LogP contribution >= 0.6 is 0 Å². The fourth-order valence-electron chi connectivity index (χ4n) is 1.69. The van der Waals surface area contributed by atoms with Crippen LogP contribution in [0.25, 0.3) is 0 Å². The lowest BCUT2D eigenvalue weighted by atomic mass is 10.1. The van der Waals surface area contributed by atoms with E-state index in [-0.39, 0.29) is 23.6 Å². The molecule has 0 bridgehead atoms. The van der Waals surface area contributed by atoms with Crippen molar-refractivity contribution in [1.29, 1.82) is 0 Å². The number of carbonyl (C=O) groups is 2. The average Bonchev–Trinajstić information content (AvgIpc) is 2.50. The van der Waals surface area contributed by atoms with Gasteiger partial charge in [0, 0.05) is 17.7 Å². The summed E-state index contributed by atoms with van der Waals surface area (Å²) in [6.45, 7) is 6.25. The van der Waals surface area contributed by atoms with E-state index < -0.39 is 29.1 Å². The molecule has 0 saturated heterocycles. The molecule has 0 aliphatic carbocycles. The molecular weight excluding hydrogens is 332 g/mol. The lowest BCUT2D eigenvalue weighted by Gasteiger charge is -2.18. The van der Waals surface area contributed by atoms with Crippen molar-refractivity contribution in [3.05, 3.63) is 39.9 Å². The molecule has 0 aromatic heterocycles. The Labute approximate surface area is 144 Å². The Bertz CT molecular complexity index is 677. The Hall–Kier alpha value is -2.97. The van der Waals surface area contributed by atoms with Crippen molar-refractivity contribution < 1.29 is 28.8 Å². The Kier molecular flexibility index (Phi) is 7.04. The third-order valence-corrected chi connectivity index (χ3v) is 2.56. The first-order valence-electron chi connectivity index (χ1n) is 7.47. The normalized spacial score (nSPS) is 11.6. The quantitative estimate of drug-likeness (QED) is 0.319. The molecule has 136 valence electrons. The van der Waals surface area contributed by atoms with E-state index in [1.54, 1.807) is 27.7 Å². The number of ether oxygens (including phenoxy) is 2. The summed E-state index contributed by atoms with van der Waals surface area (Å²) in [6, 6.07) is 5.27. The highest BCUT2D eigenvalue weighted by atomic mass is 16.7. The van der Waals surface area contributed by atoms with Crippen LogP contribution in [0, 0.1) is 10.1 Å². The van der Waals surface area contributed by atoms with Crippen LogP contribution < -0.4 is 0 Å². The number of non-ortho nitro benzene ring substituents is 1. The number of oxime groups is 1. The molecule has 0 aliphatic rings. The lowest BCUT2D eigenvalue weighted by molar-refractivity contribution is -0.384. The number of nitro groups is 1. The molecule has 1 aromatic carbocycles. The van der Waals surface area contributed by atoms with E-state index in [0.29, 0.717) is 0 Å². The van der Waals surface area contributed by atoms with Gasteiger partial charge < -0.3 is 14.3 Å². The predicted molar refractivity (Wildman–Crippen MR) is 88.1 cm³/mol. The van der Waals surface area contributed by atoms with E-state index in [1.165, 1.54) is 18.2 Å². The molecule has 0 saturated carbocycles. The summed E-state index contributed by atoms with van der Waals surface area (Å²) >= 11 is 0. The zero-order valence-corrected chi connectivity index (χ0v) is 14.5. The minimum atomic E-state index is -0.827. The van der Waals surface area contributed by atoms with E-state index in [9.17, 15) is 19.7 Å². The minimum absolute atomic E-state index is 0.0822. The molecule has 25 heavy (non-hydrogen) atoms. The van der Waals surface area contributed by atoms with Gasteiger partial charge in [-0.25, -0.2) is 9.59 Å². The molecule has 0 radical (unpaired) electrons. The first kappa shape index (κ1) is 20.1. The summed E-state index contributed by atoms with van der Waals surface area (Å²) in [4.78, 5) is 38.7. The zero-order chi connectivity index (χ0) is 19.0. The summed E-state index contributed by atoms with van der Waals surface area (Å²) < 4.78 is 9.91. The summed E-state index contributed by atoms with van der Waals surface area (Å²) in [5.41, 5.74) is -1.05. The van der Waals surface area contributed by atoms with Gasteiger partial charge in [-0.3, -0.25) is 10.1 Å². The van der Waals surface area contributed by atoms with Crippen molar-refractivity contribution in [3.63, 3.8) is 0 Å². The standard InChI is InChI=1S/C16H20N2O7/c1-5-23-15(20)14(11-7-6-8-12(9-11)18(21)22)17-24-10-13(19)25-16(2,3)4/h6-9H,5,10H2,1-4H3/b17-14+. The second-order valence-electron chi connectivity index (χ2n) is 5.83. The third kappa shape index (κ3) is 6.98. The van der Waals surface area contributed by atoms with Crippen molar-refractivity contribution >= 4 is 23.3 Å². The second kappa shape index (κ2) is 8.76. The van der Waals surface area contributed by atoms with Gasteiger partial charge in [-0.15, -0.1) is 0 Å². The lowest BCUT2D eigenvalue weighted by Crippen LogP contribution is -2.26. The number of rotatable bonds is 7. The molecule has 0 amide bonds. The molecule has 0 atom stereocenters. The highest BCUT2D eigenvalue weighted by Gasteiger charge is 2.20. The van der Waals surface area contributed by atoms with Gasteiger partial charge in [0.15, 0.2) is 5.71 Å². The Morgan fingerprint density at radius 3 is 2.52 bits per heavy atom. The number of hydrogen-bond donors (Lipinski definition) is 0. The summed E-state index contributed by atoms with van der Waals surface area (Å²) in [5.74, 6) is -1.49. The topological polar surface area (TPSA) is 117 Å². The first-order chi connectivity index (χ1) is 11.6. The monoisotopic (exact) mass is 352 g/mol. The van der Waals surface area contributed by atoms with Gasteiger partial charge >= 0.3 is 11.9 Å². The third-order valence-electron chi connectivity index (χ3n) is 2.56. The van der Waals surface area contributed by atoms with Crippen LogP contribution in [0.1, 0.15) is 33.3 Å². The van der Waals surface area contributed by atoms with E-state index in [0.717, 1.165) is 6.07 Å². The van der Waals surface area contributed by atoms with Crippen molar-refractivity contribution in [2.24, 2.45) is 5.16 Å². The maximum atomic E-state index is 12.0. The molecule has 1 aromatic rings. The number of esters is 2. The minimum Gasteiger partial charge on any atom is -0.461 e. The van der Waals surface area contributed by atoms with Crippen LogP contribution in [0.2, 0.25) is 0 Å². The van der Waals surface area contributed by atoms with Crippen LogP contribution in [0.4, 0.5) is 5.69 Å². The van der Waals surface area contributed by atoms with Crippen molar-refractivity contribution in [3.8, 4) is 0 Å². The molecule has 0 fully saturated rings. The maximum absolute atomic E-state index is 12.0. The highest BCUT2D eigenvalue weighted by molar-refractivity contribution is 6.43. The molecule has 0 N–H and O–H groups in total. The number of nitrogens with zero attached hydrogens (tertiary/aromatic N) is 2. The average molecular weight is 352 g/mol. The molecule has 0 spiro atoms. The van der Waals surface area contributed by atoms with Crippen molar-refractivity contribution in [2.45, 2.75) is 33.3 Å². The molecular formula is C16H20N2O7. The molecule has 0 aliphatic heterocycles. The maximum Gasteiger partial charge on any atom is 0.361 e. The van der Waals surface area contributed by atoms with Crippen LogP contribution in [-0.4, -0.2) is 41.4 Å². The number of benzene rings is 1. The van der Waals surface area contributed by atoms with Gasteiger partial charge in [0.25, 0.3) is 5.69 Å². The zero-order valence-electron chi connectivity index (χ0n) is 14.5. The highest BCUT2D eigenvalue weighted by Crippen LogP contribution is 2.15. The van der Waals surface area contributed by atoms with E-state index in [2.05, 4.69) is 5.16 Å². The number of hydrogen-bond acceptors (Lipinski definition) is 8. The van der Waals surface area contributed by atoms with Gasteiger partial charge in [-0.1, -0.05) is 17.3 Å². The summed E-state index contributed by atoms with van der Waals surface area (Å²) in [5, 5.41) is 14.5. The fraction of sp³-hybridized carbons (Fsp3) is 0.438. The molecule has 9 nitrogen and oxygen atoms in total. The molecule has 9 heteroatoms. The Morgan fingerprint density at radius 1 is 1.28 bits per heavy atom. The Morgan fingerprint density at radius 2 is 1.96 bits per heavy atom. The van der Waals surface area contributed by atoms with Gasteiger partial charge in [0.2, 0.25) is 6.61 Å². The van der Waals surface area contributed by atoms with E-state index in [1.807, 2.05) is 0 Å². The van der Waals surface area contributed by atoms with Crippen molar-refractivity contribution in [1.82, 2.24) is 0 Å². The second-order valence-corrected chi connectivity index (χ2v) is 5.83. The van der Waals surface area contributed by atoms with Crippen LogP contribution in [0.3, 0.4) is 0 Å². The summed E-state index contributed by atoms with van der Waals surface area (Å²) in [6.07, 6.45) is 0. The Balaban J connectivity index is 2.97. The molecule has 0 unspecified atom stereocenters. The SMILES string of the molecule is CCOC(=O)/C(=N/OCC(=O)OC(C)(C)C)c1cccc([N+](=O)[O-])c1. The van der Waals surface area contributed by atoms with E-state index >= 15 is 0 Å². The smallest absolute Gasteiger partial charge is 0.361 e. The van der Waals surface area contributed by atoms with E-state index in [4.69, 9.17) is 14.3 Å². The molecule has 1 rings (SSSR count). The van der Waals surface area contributed by atoms with Crippen LogP contribution in [-0.2, 0) is 23.9 Å². The van der Waals surface area contributed by atoms with Gasteiger partial charge in [0.05, 0.1) is 11.5 Å². The van der Waals surface area contributed by atoms with Gasteiger partial charge in [-0.2, -0.15) is 0 Å². The molecule has 0 heterocycles. The number of nitro benzene ring substituents is 1. The van der Waals surface area contributed by atoms with Crippen molar-refractivity contribution in [2.75, 3.05) is 13.2 Å². The number of carbonyl (C=O) groups excluding carboxylic acids is 2. The predicted octanol–water partition coefficient (Wildman–Crippen LogP) is 2.22.